The second kappa shape index (κ2) is 4.08. The van der Waals surface area contributed by atoms with E-state index in [-0.39, 0.29) is 0 Å². The van der Waals surface area contributed by atoms with Crippen molar-refractivity contribution in [2.45, 2.75) is 63.8 Å². The summed E-state index contributed by atoms with van der Waals surface area (Å²) in [6.45, 7) is 2.77. The van der Waals surface area contributed by atoms with E-state index in [1.54, 1.807) is 0 Å². The van der Waals surface area contributed by atoms with Crippen LogP contribution in [0.25, 0.3) is 0 Å². The fraction of sp³-hybridized carbons (Fsp3) is 0.812. The first kappa shape index (κ1) is 12.0. The first-order valence-electron chi connectivity index (χ1n) is 8.00. The molecule has 1 aromatic heterocycles. The third kappa shape index (κ3) is 1.70. The Labute approximate surface area is 115 Å². The highest BCUT2D eigenvalue weighted by molar-refractivity contribution is 5.29. The van der Waals surface area contributed by atoms with Gasteiger partial charge in [-0.15, -0.1) is 0 Å². The predicted octanol–water partition coefficient (Wildman–Crippen LogP) is 2.90. The van der Waals surface area contributed by atoms with Crippen molar-refractivity contribution in [3.63, 3.8) is 0 Å². The molecule has 0 aromatic carbocycles. The van der Waals surface area contributed by atoms with Gasteiger partial charge < -0.3 is 10.7 Å². The molecule has 19 heavy (non-hydrogen) atoms. The lowest BCUT2D eigenvalue weighted by molar-refractivity contribution is -0.00745. The van der Waals surface area contributed by atoms with Crippen molar-refractivity contribution >= 4 is 0 Å². The minimum absolute atomic E-state index is 0.407. The van der Waals surface area contributed by atoms with Crippen LogP contribution in [-0.2, 0) is 18.4 Å². The maximum atomic E-state index is 5.78. The molecule has 4 bridgehead atoms. The Balaban J connectivity index is 1.76. The van der Waals surface area contributed by atoms with E-state index in [1.165, 1.54) is 49.9 Å². The van der Waals surface area contributed by atoms with Crippen molar-refractivity contribution in [1.29, 1.82) is 0 Å². The standard InChI is InChI=1S/C16H25N3/c1-2-13-15(19-14(9-17)18-13)16-6-10-3-11(7-16)5-12(4-10)8-16/h10-12H,2-9,17H2,1H3,(H,18,19). The number of aryl methyl sites for hydroxylation is 1. The number of nitrogens with zero attached hydrogens (tertiary/aromatic N) is 1. The van der Waals surface area contributed by atoms with Gasteiger partial charge >= 0.3 is 0 Å². The van der Waals surface area contributed by atoms with Gasteiger partial charge in [-0.3, -0.25) is 0 Å². The largest absolute Gasteiger partial charge is 0.345 e. The van der Waals surface area contributed by atoms with Crippen LogP contribution in [0, 0.1) is 17.8 Å². The Morgan fingerprint density at radius 2 is 1.74 bits per heavy atom. The summed E-state index contributed by atoms with van der Waals surface area (Å²) in [5.74, 6) is 3.93. The van der Waals surface area contributed by atoms with E-state index in [0.29, 0.717) is 12.0 Å². The van der Waals surface area contributed by atoms with Crippen LogP contribution >= 0.6 is 0 Å². The average molecular weight is 259 g/mol. The first-order valence-corrected chi connectivity index (χ1v) is 8.00. The van der Waals surface area contributed by atoms with Gasteiger partial charge in [-0.2, -0.15) is 0 Å². The van der Waals surface area contributed by atoms with Gasteiger partial charge in [0, 0.05) is 11.1 Å². The number of nitrogens with two attached hydrogens (primary N) is 1. The Hall–Kier alpha value is -0.830. The van der Waals surface area contributed by atoms with E-state index >= 15 is 0 Å². The lowest BCUT2D eigenvalue weighted by Crippen LogP contribution is -2.49. The molecule has 0 saturated heterocycles. The van der Waals surface area contributed by atoms with Crippen molar-refractivity contribution in [2.75, 3.05) is 0 Å². The summed E-state index contributed by atoms with van der Waals surface area (Å²) >= 11 is 0. The molecule has 3 heteroatoms. The molecule has 0 amide bonds. The van der Waals surface area contributed by atoms with Gasteiger partial charge in [-0.1, -0.05) is 6.92 Å². The minimum atomic E-state index is 0.407. The van der Waals surface area contributed by atoms with Gasteiger partial charge in [0.2, 0.25) is 0 Å². The van der Waals surface area contributed by atoms with E-state index in [2.05, 4.69) is 11.9 Å². The van der Waals surface area contributed by atoms with Gasteiger partial charge in [0.15, 0.2) is 0 Å². The maximum absolute atomic E-state index is 5.78. The van der Waals surface area contributed by atoms with E-state index in [0.717, 1.165) is 30.0 Å². The zero-order chi connectivity index (χ0) is 13.0. The van der Waals surface area contributed by atoms with E-state index in [1.807, 2.05) is 0 Å². The quantitative estimate of drug-likeness (QED) is 0.877. The molecule has 3 N–H and O–H groups in total. The molecule has 0 aliphatic heterocycles. The summed E-state index contributed by atoms with van der Waals surface area (Å²) in [6, 6.07) is 0. The van der Waals surface area contributed by atoms with Gasteiger partial charge in [0.1, 0.15) is 5.82 Å². The molecule has 4 saturated carbocycles. The second-order valence-electron chi connectivity index (χ2n) is 7.27. The molecular weight excluding hydrogens is 234 g/mol. The fourth-order valence-corrected chi connectivity index (χ4v) is 5.66. The average Bonchev–Trinajstić information content (AvgIpc) is 2.81. The van der Waals surface area contributed by atoms with E-state index < -0.39 is 0 Å². The fourth-order valence-electron chi connectivity index (χ4n) is 5.66. The van der Waals surface area contributed by atoms with Crippen LogP contribution in [0.15, 0.2) is 0 Å². The lowest BCUT2D eigenvalue weighted by Gasteiger charge is -2.56. The molecule has 3 nitrogen and oxygen atoms in total. The van der Waals surface area contributed by atoms with Crippen molar-refractivity contribution in [3.8, 4) is 0 Å². The summed E-state index contributed by atoms with van der Waals surface area (Å²) in [7, 11) is 0. The molecule has 4 aliphatic carbocycles. The molecule has 0 unspecified atom stereocenters. The molecule has 1 heterocycles. The predicted molar refractivity (Wildman–Crippen MR) is 75.7 cm³/mol. The van der Waals surface area contributed by atoms with Crippen LogP contribution in [-0.4, -0.2) is 9.97 Å². The maximum Gasteiger partial charge on any atom is 0.120 e. The van der Waals surface area contributed by atoms with Crippen molar-refractivity contribution in [1.82, 2.24) is 9.97 Å². The van der Waals surface area contributed by atoms with Crippen LogP contribution in [0.5, 0.6) is 0 Å². The summed E-state index contributed by atoms with van der Waals surface area (Å²) in [4.78, 5) is 8.38. The number of rotatable bonds is 3. The van der Waals surface area contributed by atoms with Crippen LogP contribution in [0.3, 0.4) is 0 Å². The van der Waals surface area contributed by atoms with Crippen LogP contribution in [0.2, 0.25) is 0 Å². The summed E-state index contributed by atoms with van der Waals surface area (Å²) < 4.78 is 0. The molecule has 1 aromatic rings. The highest BCUT2D eigenvalue weighted by Crippen LogP contribution is 2.60. The number of hydrogen-bond donors (Lipinski definition) is 2. The van der Waals surface area contributed by atoms with E-state index in [4.69, 9.17) is 10.7 Å². The zero-order valence-electron chi connectivity index (χ0n) is 11.9. The topological polar surface area (TPSA) is 54.7 Å². The Morgan fingerprint density at radius 3 is 2.21 bits per heavy atom. The first-order chi connectivity index (χ1) is 9.22. The number of H-pyrrole nitrogens is 1. The van der Waals surface area contributed by atoms with Gasteiger partial charge in [0.25, 0.3) is 0 Å². The van der Waals surface area contributed by atoms with Crippen LogP contribution < -0.4 is 5.73 Å². The smallest absolute Gasteiger partial charge is 0.120 e. The molecule has 0 radical (unpaired) electrons. The Kier molecular flexibility index (Phi) is 2.57. The Morgan fingerprint density at radius 1 is 1.16 bits per heavy atom. The number of aromatic amines is 1. The zero-order valence-corrected chi connectivity index (χ0v) is 11.9. The van der Waals surface area contributed by atoms with Crippen LogP contribution in [0.4, 0.5) is 0 Å². The van der Waals surface area contributed by atoms with Gasteiger partial charge in [-0.25, -0.2) is 4.98 Å². The molecule has 0 atom stereocenters. The van der Waals surface area contributed by atoms with E-state index in [9.17, 15) is 0 Å². The van der Waals surface area contributed by atoms with Crippen molar-refractivity contribution in [2.24, 2.45) is 23.5 Å². The number of nitrogens with one attached hydrogen (secondary N) is 1. The molecule has 104 valence electrons. The SMILES string of the molecule is CCc1[nH]c(CN)nc1C12CC3CC(CC(C3)C1)C2. The molecule has 0 spiro atoms. The monoisotopic (exact) mass is 259 g/mol. The van der Waals surface area contributed by atoms with Crippen molar-refractivity contribution < 1.29 is 0 Å². The number of hydrogen-bond acceptors (Lipinski definition) is 2. The summed E-state index contributed by atoms with van der Waals surface area (Å²) in [6.07, 6.45) is 9.71. The minimum Gasteiger partial charge on any atom is -0.345 e. The van der Waals surface area contributed by atoms with Crippen LogP contribution in [0.1, 0.15) is 62.7 Å². The molecular formula is C16H25N3. The van der Waals surface area contributed by atoms with Gasteiger partial charge in [-0.05, 0) is 62.7 Å². The highest BCUT2D eigenvalue weighted by atomic mass is 15.0. The second-order valence-corrected chi connectivity index (χ2v) is 7.27. The normalized spacial score (nSPS) is 40.0. The third-order valence-corrected chi connectivity index (χ3v) is 5.92. The number of aromatic nitrogens is 2. The molecule has 4 aliphatic rings. The van der Waals surface area contributed by atoms with Crippen molar-refractivity contribution in [3.05, 3.63) is 17.2 Å². The molecule has 5 rings (SSSR count). The van der Waals surface area contributed by atoms with Gasteiger partial charge in [0.05, 0.1) is 12.2 Å². The number of imidazole rings is 1. The Bertz CT molecular complexity index is 453. The lowest BCUT2D eigenvalue weighted by atomic mass is 9.48. The third-order valence-electron chi connectivity index (χ3n) is 5.92. The summed E-state index contributed by atoms with van der Waals surface area (Å²) in [5.41, 5.74) is 8.95. The summed E-state index contributed by atoms with van der Waals surface area (Å²) in [5, 5.41) is 0. The molecule has 4 fully saturated rings. The highest BCUT2D eigenvalue weighted by Gasteiger charge is 2.53.